The molecule has 2 rings (SSSR count). The maximum atomic E-state index is 11.4. The second-order valence-corrected chi connectivity index (χ2v) is 5.55. The van der Waals surface area contributed by atoms with Crippen LogP contribution in [0.25, 0.3) is 11.0 Å². The van der Waals surface area contributed by atoms with Crippen LogP contribution < -0.4 is 5.32 Å². The molecule has 1 atom stereocenters. The molecule has 20 heavy (non-hydrogen) atoms. The van der Waals surface area contributed by atoms with Gasteiger partial charge < -0.3 is 14.8 Å². The molecule has 108 valence electrons. The highest BCUT2D eigenvalue weighted by molar-refractivity contribution is 7.98. The van der Waals surface area contributed by atoms with Crippen LogP contribution in [0.15, 0.2) is 28.7 Å². The number of hydrogen-bond donors (Lipinski definition) is 2. The minimum atomic E-state index is -0.940. The van der Waals surface area contributed by atoms with Crippen molar-refractivity contribution in [2.75, 3.05) is 12.0 Å². The first kappa shape index (κ1) is 14.9. The maximum absolute atomic E-state index is 11.4. The normalized spacial score (nSPS) is 12.7. The Morgan fingerprint density at radius 3 is 2.85 bits per heavy atom. The highest BCUT2D eigenvalue weighted by Gasteiger charge is 2.20. The van der Waals surface area contributed by atoms with Crippen molar-refractivity contribution in [3.8, 4) is 0 Å². The minimum Gasteiger partial charge on any atom is -0.478 e. The smallest absolute Gasteiger partial charge is 0.339 e. The fourth-order valence-corrected chi connectivity index (χ4v) is 2.97. The molecule has 1 aromatic heterocycles. The fraction of sp³-hybridized carbons (Fsp3) is 0.400. The van der Waals surface area contributed by atoms with Crippen LogP contribution in [0.5, 0.6) is 0 Å². The molecule has 0 spiro atoms. The van der Waals surface area contributed by atoms with E-state index >= 15 is 0 Å². The Morgan fingerprint density at radius 1 is 1.45 bits per heavy atom. The van der Waals surface area contributed by atoms with Crippen molar-refractivity contribution in [3.05, 3.63) is 35.6 Å². The SMILES string of the molecule is CCC(CSC)NCc1oc2ccccc2c1C(=O)O. The van der Waals surface area contributed by atoms with Gasteiger partial charge in [-0.25, -0.2) is 4.79 Å². The third-order valence-corrected chi connectivity index (χ3v) is 4.03. The topological polar surface area (TPSA) is 62.5 Å². The van der Waals surface area contributed by atoms with Gasteiger partial charge in [0.05, 0.1) is 6.54 Å². The first-order valence-corrected chi connectivity index (χ1v) is 8.02. The zero-order valence-corrected chi connectivity index (χ0v) is 12.5. The number of rotatable bonds is 7. The monoisotopic (exact) mass is 293 g/mol. The van der Waals surface area contributed by atoms with Crippen molar-refractivity contribution >= 4 is 28.7 Å². The molecule has 0 fully saturated rings. The molecule has 4 nitrogen and oxygen atoms in total. The Morgan fingerprint density at radius 2 is 2.20 bits per heavy atom. The molecule has 1 heterocycles. The summed E-state index contributed by atoms with van der Waals surface area (Å²) in [6, 6.07) is 7.61. The second kappa shape index (κ2) is 6.81. The number of carboxylic acid groups (broad SMARTS) is 1. The summed E-state index contributed by atoms with van der Waals surface area (Å²) >= 11 is 1.78. The second-order valence-electron chi connectivity index (χ2n) is 4.64. The fourth-order valence-electron chi connectivity index (χ4n) is 2.21. The molecule has 0 bridgehead atoms. The predicted molar refractivity (Wildman–Crippen MR) is 82.5 cm³/mol. The summed E-state index contributed by atoms with van der Waals surface area (Å²) in [5, 5.41) is 13.4. The Hall–Kier alpha value is -1.46. The van der Waals surface area contributed by atoms with E-state index in [1.165, 1.54) is 0 Å². The van der Waals surface area contributed by atoms with Crippen molar-refractivity contribution in [1.29, 1.82) is 0 Å². The van der Waals surface area contributed by atoms with Crippen LogP contribution in [0.1, 0.15) is 29.5 Å². The predicted octanol–water partition coefficient (Wildman–Crippen LogP) is 3.36. The molecule has 0 aliphatic rings. The van der Waals surface area contributed by atoms with Crippen molar-refractivity contribution in [2.45, 2.75) is 25.9 Å². The quantitative estimate of drug-likeness (QED) is 0.819. The lowest BCUT2D eigenvalue weighted by Gasteiger charge is -2.14. The van der Waals surface area contributed by atoms with Gasteiger partial charge in [-0.15, -0.1) is 0 Å². The summed E-state index contributed by atoms with van der Waals surface area (Å²) in [4.78, 5) is 11.4. The summed E-state index contributed by atoms with van der Waals surface area (Å²) in [5.41, 5.74) is 0.895. The van der Waals surface area contributed by atoms with Crippen LogP contribution >= 0.6 is 11.8 Å². The number of fused-ring (bicyclic) bond motifs is 1. The molecular weight excluding hydrogens is 274 g/mol. The molecule has 1 unspecified atom stereocenters. The van der Waals surface area contributed by atoms with Crippen molar-refractivity contribution in [2.24, 2.45) is 0 Å². The van der Waals surface area contributed by atoms with Crippen LogP contribution in [0, 0.1) is 0 Å². The molecule has 0 saturated carbocycles. The highest BCUT2D eigenvalue weighted by atomic mass is 32.2. The highest BCUT2D eigenvalue weighted by Crippen LogP contribution is 2.26. The van der Waals surface area contributed by atoms with Gasteiger partial charge in [0, 0.05) is 17.2 Å². The van der Waals surface area contributed by atoms with Crippen LogP contribution in [0.2, 0.25) is 0 Å². The summed E-state index contributed by atoms with van der Waals surface area (Å²) in [7, 11) is 0. The summed E-state index contributed by atoms with van der Waals surface area (Å²) in [6.07, 6.45) is 3.07. The van der Waals surface area contributed by atoms with E-state index < -0.39 is 5.97 Å². The maximum Gasteiger partial charge on any atom is 0.339 e. The number of carboxylic acids is 1. The Labute approximate surface area is 122 Å². The summed E-state index contributed by atoms with van der Waals surface area (Å²) in [6.45, 7) is 2.56. The third kappa shape index (κ3) is 3.16. The largest absolute Gasteiger partial charge is 0.478 e. The van der Waals surface area contributed by atoms with E-state index in [2.05, 4.69) is 18.5 Å². The number of furan rings is 1. The van der Waals surface area contributed by atoms with Gasteiger partial charge in [-0.3, -0.25) is 0 Å². The standard InChI is InChI=1S/C15H19NO3S/c1-3-10(9-20-2)16-8-13-14(15(17)18)11-6-4-5-7-12(11)19-13/h4-7,10,16H,3,8-9H2,1-2H3,(H,17,18). The van der Waals surface area contributed by atoms with E-state index in [-0.39, 0.29) is 5.56 Å². The van der Waals surface area contributed by atoms with Crippen molar-refractivity contribution in [1.82, 2.24) is 5.32 Å². The molecule has 2 aromatic rings. The lowest BCUT2D eigenvalue weighted by molar-refractivity contribution is 0.0696. The number of benzene rings is 1. The van der Waals surface area contributed by atoms with Gasteiger partial charge in [-0.1, -0.05) is 25.1 Å². The Kier molecular flexibility index (Phi) is 5.09. The number of thioether (sulfide) groups is 1. The van der Waals surface area contributed by atoms with Gasteiger partial charge >= 0.3 is 5.97 Å². The van der Waals surface area contributed by atoms with E-state index in [0.717, 1.165) is 12.2 Å². The van der Waals surface area contributed by atoms with E-state index in [0.29, 0.717) is 29.3 Å². The van der Waals surface area contributed by atoms with Crippen LogP contribution in [0.4, 0.5) is 0 Å². The van der Waals surface area contributed by atoms with Gasteiger partial charge in [-0.2, -0.15) is 11.8 Å². The first-order chi connectivity index (χ1) is 9.67. The van der Waals surface area contributed by atoms with E-state index in [1.54, 1.807) is 23.9 Å². The Bertz CT molecular complexity index is 594. The van der Waals surface area contributed by atoms with Crippen molar-refractivity contribution < 1.29 is 14.3 Å². The first-order valence-electron chi connectivity index (χ1n) is 6.63. The number of aromatic carboxylic acids is 1. The molecule has 1 aromatic carbocycles. The molecule has 0 amide bonds. The van der Waals surface area contributed by atoms with Gasteiger partial charge in [0.25, 0.3) is 0 Å². The third-order valence-electron chi connectivity index (χ3n) is 3.29. The number of para-hydroxylation sites is 1. The van der Waals surface area contributed by atoms with E-state index in [9.17, 15) is 9.90 Å². The van der Waals surface area contributed by atoms with Gasteiger partial charge in [0.15, 0.2) is 0 Å². The average molecular weight is 293 g/mol. The van der Waals surface area contributed by atoms with Crippen LogP contribution in [-0.2, 0) is 6.54 Å². The van der Waals surface area contributed by atoms with Crippen LogP contribution in [-0.4, -0.2) is 29.1 Å². The molecule has 0 aliphatic heterocycles. The summed E-state index contributed by atoms with van der Waals surface area (Å²) < 4.78 is 5.68. The molecule has 0 saturated heterocycles. The van der Waals surface area contributed by atoms with Gasteiger partial charge in [0.1, 0.15) is 16.9 Å². The lowest BCUT2D eigenvalue weighted by atomic mass is 10.1. The van der Waals surface area contributed by atoms with E-state index in [1.807, 2.05) is 12.1 Å². The number of carbonyl (C=O) groups is 1. The van der Waals surface area contributed by atoms with Crippen molar-refractivity contribution in [3.63, 3.8) is 0 Å². The molecule has 2 N–H and O–H groups in total. The van der Waals surface area contributed by atoms with Crippen LogP contribution in [0.3, 0.4) is 0 Å². The molecular formula is C15H19NO3S. The zero-order valence-electron chi connectivity index (χ0n) is 11.7. The molecule has 0 aliphatic carbocycles. The Balaban J connectivity index is 2.25. The molecule has 5 heteroatoms. The van der Waals surface area contributed by atoms with E-state index in [4.69, 9.17) is 4.42 Å². The zero-order chi connectivity index (χ0) is 14.5. The lowest BCUT2D eigenvalue weighted by Crippen LogP contribution is -2.30. The molecule has 0 radical (unpaired) electrons. The van der Waals surface area contributed by atoms with Gasteiger partial charge in [0.2, 0.25) is 0 Å². The average Bonchev–Trinajstić information content (AvgIpc) is 2.81. The van der Waals surface area contributed by atoms with Gasteiger partial charge in [-0.05, 0) is 18.7 Å². The minimum absolute atomic E-state index is 0.270. The number of hydrogen-bond acceptors (Lipinski definition) is 4. The number of nitrogens with one attached hydrogen (secondary N) is 1. The summed E-state index contributed by atoms with van der Waals surface area (Å²) in [5.74, 6) is 0.557.